The number of nitrogens with zero attached hydrogens (tertiary/aromatic N) is 1. The fraction of sp³-hybridized carbons (Fsp3) is 0.333. The third-order valence-corrected chi connectivity index (χ3v) is 2.84. The number of rotatable bonds is 3. The van der Waals surface area contributed by atoms with Crippen molar-refractivity contribution in [2.75, 3.05) is 6.54 Å². The lowest BCUT2D eigenvalue weighted by atomic mass is 10.1. The van der Waals surface area contributed by atoms with Crippen LogP contribution in [0.4, 0.5) is 14.4 Å². The number of nitrogens with one attached hydrogen (secondary N) is 3. The van der Waals surface area contributed by atoms with Crippen molar-refractivity contribution in [3.63, 3.8) is 0 Å². The molecule has 13 heteroatoms. The van der Waals surface area contributed by atoms with Gasteiger partial charge < -0.3 is 16.2 Å². The Morgan fingerprint density at radius 1 is 1.32 bits per heavy atom. The number of nitrogens with two attached hydrogens (primary N) is 1. The lowest BCUT2D eigenvalue weighted by Crippen LogP contribution is -2.67. The van der Waals surface area contributed by atoms with Gasteiger partial charge in [-0.3, -0.25) is 9.69 Å². The van der Waals surface area contributed by atoms with Crippen LogP contribution in [0.2, 0.25) is 0 Å². The van der Waals surface area contributed by atoms with Gasteiger partial charge in [0.25, 0.3) is 5.91 Å². The first-order valence-corrected chi connectivity index (χ1v) is 6.05. The molecule has 0 aromatic heterocycles. The summed E-state index contributed by atoms with van der Waals surface area (Å²) in [5, 5.41) is 10.2. The molecule has 0 spiro atoms. The van der Waals surface area contributed by atoms with Crippen LogP contribution < -0.4 is 20.5 Å². The number of β-lactam (4-membered cyclic amide) rings is 1. The van der Waals surface area contributed by atoms with Gasteiger partial charge in [-0.1, -0.05) is 0 Å². The van der Waals surface area contributed by atoms with Gasteiger partial charge in [-0.05, 0) is 0 Å². The second-order valence-electron chi connectivity index (χ2n) is 3.33. The number of primary amides is 1. The summed E-state index contributed by atoms with van der Waals surface area (Å²) in [7, 11) is -4.52. The van der Waals surface area contributed by atoms with E-state index in [0.29, 0.717) is 4.90 Å². The number of carbonyl (C=O) groups excluding carboxylic acids is 3. The largest absolute Gasteiger partial charge is 0.465 e. The summed E-state index contributed by atoms with van der Waals surface area (Å²) >= 11 is 0. The zero-order chi connectivity index (χ0) is 14.8. The molecule has 1 rings (SSSR count). The predicted octanol–water partition coefficient (Wildman–Crippen LogP) is -2.91. The lowest BCUT2D eigenvalue weighted by molar-refractivity contribution is -0.138. The fourth-order valence-electron chi connectivity index (χ4n) is 1.19. The van der Waals surface area contributed by atoms with E-state index < -0.39 is 40.3 Å². The monoisotopic (exact) mass is 295 g/mol. The highest BCUT2D eigenvalue weighted by Crippen LogP contribution is 2.10. The fourth-order valence-corrected chi connectivity index (χ4v) is 1.85. The Labute approximate surface area is 106 Å². The van der Waals surface area contributed by atoms with Crippen LogP contribution in [0, 0.1) is 0 Å². The van der Waals surface area contributed by atoms with Gasteiger partial charge in [-0.2, -0.15) is 8.42 Å². The normalized spacial score (nSPS) is 18.2. The second kappa shape index (κ2) is 4.97. The first kappa shape index (κ1) is 14.5. The molecule has 0 aromatic rings. The van der Waals surface area contributed by atoms with Gasteiger partial charge >= 0.3 is 28.4 Å². The summed E-state index contributed by atoms with van der Waals surface area (Å²) in [6.45, 7) is -0.330. The highest BCUT2D eigenvalue weighted by Gasteiger charge is 2.42. The Hall–Kier alpha value is -2.57. The number of urea groups is 2. The van der Waals surface area contributed by atoms with E-state index in [1.165, 1.54) is 9.44 Å². The molecule has 1 saturated heterocycles. The molecular formula is C6H9N5O7S. The highest BCUT2D eigenvalue weighted by molar-refractivity contribution is 7.88. The van der Waals surface area contributed by atoms with E-state index in [2.05, 4.69) is 5.73 Å². The van der Waals surface area contributed by atoms with Crippen molar-refractivity contribution in [2.24, 2.45) is 5.73 Å². The Balaban J connectivity index is 2.56. The average molecular weight is 295 g/mol. The third kappa shape index (κ3) is 3.70. The van der Waals surface area contributed by atoms with E-state index in [0.717, 1.165) is 0 Å². The quantitative estimate of drug-likeness (QED) is 0.345. The molecule has 0 aromatic carbocycles. The number of likely N-dealkylation sites (tertiary alicyclic amines) is 1. The van der Waals surface area contributed by atoms with E-state index in [1.807, 2.05) is 5.32 Å². The van der Waals surface area contributed by atoms with Gasteiger partial charge in [0.15, 0.2) is 0 Å². The third-order valence-electron chi connectivity index (χ3n) is 1.93. The van der Waals surface area contributed by atoms with Crippen LogP contribution in [-0.4, -0.2) is 55.1 Å². The maximum absolute atomic E-state index is 11.3. The zero-order valence-corrected chi connectivity index (χ0v) is 9.93. The first-order chi connectivity index (χ1) is 8.62. The molecule has 12 nitrogen and oxygen atoms in total. The summed E-state index contributed by atoms with van der Waals surface area (Å²) in [6.07, 6.45) is -1.46. The van der Waals surface area contributed by atoms with Crippen LogP contribution in [0.25, 0.3) is 0 Å². The Morgan fingerprint density at radius 3 is 2.32 bits per heavy atom. The van der Waals surface area contributed by atoms with Crippen LogP contribution in [0.15, 0.2) is 0 Å². The van der Waals surface area contributed by atoms with Crippen molar-refractivity contribution >= 4 is 34.3 Å². The van der Waals surface area contributed by atoms with Crippen molar-refractivity contribution in [3.8, 4) is 0 Å². The highest BCUT2D eigenvalue weighted by atomic mass is 32.2. The summed E-state index contributed by atoms with van der Waals surface area (Å²) in [4.78, 5) is 43.6. The molecule has 0 bridgehead atoms. The molecule has 1 atom stereocenters. The van der Waals surface area contributed by atoms with Crippen LogP contribution in [0.1, 0.15) is 0 Å². The van der Waals surface area contributed by atoms with Gasteiger partial charge in [0.1, 0.15) is 6.04 Å². The molecule has 0 saturated carbocycles. The average Bonchev–Trinajstić information content (AvgIpc) is 2.19. The van der Waals surface area contributed by atoms with Gasteiger partial charge in [-0.25, -0.2) is 23.8 Å². The Bertz CT molecular complexity index is 542. The van der Waals surface area contributed by atoms with E-state index in [9.17, 15) is 27.6 Å². The first-order valence-electron chi connectivity index (χ1n) is 4.57. The minimum atomic E-state index is -4.52. The zero-order valence-electron chi connectivity index (χ0n) is 9.11. The molecule has 0 radical (unpaired) electrons. The number of hydrogen-bond acceptors (Lipinski definition) is 6. The maximum atomic E-state index is 11.3. The van der Waals surface area contributed by atoms with E-state index in [4.69, 9.17) is 5.11 Å². The lowest BCUT2D eigenvalue weighted by Gasteiger charge is -2.35. The van der Waals surface area contributed by atoms with Crippen molar-refractivity contribution in [3.05, 3.63) is 0 Å². The molecule has 19 heavy (non-hydrogen) atoms. The molecule has 1 fully saturated rings. The van der Waals surface area contributed by atoms with E-state index >= 15 is 0 Å². The minimum absolute atomic E-state index is 0.330. The van der Waals surface area contributed by atoms with Gasteiger partial charge in [0.2, 0.25) is 0 Å². The molecule has 6 N–H and O–H groups in total. The van der Waals surface area contributed by atoms with Gasteiger partial charge in [0.05, 0.1) is 6.54 Å². The summed E-state index contributed by atoms with van der Waals surface area (Å²) in [5.41, 5.74) is 4.54. The number of carbonyl (C=O) groups is 4. The predicted molar refractivity (Wildman–Crippen MR) is 56.8 cm³/mol. The van der Waals surface area contributed by atoms with Crippen molar-refractivity contribution in [1.29, 1.82) is 0 Å². The van der Waals surface area contributed by atoms with Crippen LogP contribution in [0.3, 0.4) is 0 Å². The topological polar surface area (TPSA) is 188 Å². The van der Waals surface area contributed by atoms with Crippen molar-refractivity contribution in [1.82, 2.24) is 19.7 Å². The van der Waals surface area contributed by atoms with Crippen molar-refractivity contribution in [2.45, 2.75) is 6.04 Å². The molecular weight excluding hydrogens is 286 g/mol. The summed E-state index contributed by atoms with van der Waals surface area (Å²) in [6, 6.07) is -3.86. The van der Waals surface area contributed by atoms with Gasteiger partial charge in [0, 0.05) is 0 Å². The van der Waals surface area contributed by atoms with Crippen LogP contribution in [0.5, 0.6) is 0 Å². The smallest absolute Gasteiger partial charge is 0.405 e. The maximum Gasteiger partial charge on any atom is 0.405 e. The number of imide groups is 1. The molecule has 106 valence electrons. The van der Waals surface area contributed by atoms with E-state index in [-0.39, 0.29) is 6.54 Å². The minimum Gasteiger partial charge on any atom is -0.465 e. The molecule has 1 heterocycles. The molecule has 6 amide bonds. The Kier molecular flexibility index (Phi) is 3.79. The molecule has 1 aliphatic heterocycles. The van der Waals surface area contributed by atoms with Crippen molar-refractivity contribution < 1.29 is 32.7 Å². The van der Waals surface area contributed by atoms with Crippen LogP contribution in [-0.2, 0) is 15.0 Å². The van der Waals surface area contributed by atoms with E-state index in [1.54, 1.807) is 0 Å². The molecule has 0 aliphatic carbocycles. The van der Waals surface area contributed by atoms with Crippen LogP contribution >= 0.6 is 0 Å². The number of carboxylic acid groups (broad SMARTS) is 1. The molecule has 1 aliphatic rings. The summed E-state index contributed by atoms with van der Waals surface area (Å²) < 4.78 is 24.7. The molecule has 0 unspecified atom stereocenters. The SMILES string of the molecule is NC(=O)NS(=O)(=O)NC(=O)N1C[C@H](NC(=O)O)C1=O. The second-order valence-corrected chi connectivity index (χ2v) is 4.74. The standard InChI is InChI=1S/C6H9N5O7S/c7-4(13)9-19(17,18)10-5(14)11-1-2(3(11)12)8-6(15)16/h2,8H,1H2,(H,10,14)(H,15,16)(H3,7,9,13)/t2-/m0/s1. The Morgan fingerprint density at radius 2 is 1.89 bits per heavy atom. The summed E-state index contributed by atoms with van der Waals surface area (Å²) in [5.74, 6) is -0.922. The number of hydrogen-bond donors (Lipinski definition) is 5. The number of amides is 6. The van der Waals surface area contributed by atoms with Gasteiger partial charge in [-0.15, -0.1) is 0 Å².